The maximum atomic E-state index is 4.80. The number of benzene rings is 1. The fourth-order valence-corrected chi connectivity index (χ4v) is 4.84. The number of hydrogen-bond acceptors (Lipinski definition) is 4. The highest BCUT2D eigenvalue weighted by atomic mass is 15.1. The third-order valence-electron chi connectivity index (χ3n) is 6.89. The molecule has 1 aliphatic carbocycles. The van der Waals surface area contributed by atoms with Gasteiger partial charge in [0.25, 0.3) is 0 Å². The first-order valence-corrected chi connectivity index (χ1v) is 9.03. The molecule has 3 heterocycles. The van der Waals surface area contributed by atoms with Crippen molar-refractivity contribution in [1.29, 1.82) is 0 Å². The van der Waals surface area contributed by atoms with E-state index in [2.05, 4.69) is 53.4 Å². The van der Waals surface area contributed by atoms with Crippen molar-refractivity contribution in [2.24, 2.45) is 5.41 Å². The number of piperidine rings is 1. The van der Waals surface area contributed by atoms with Gasteiger partial charge in [0.15, 0.2) is 0 Å². The lowest BCUT2D eigenvalue weighted by Gasteiger charge is -2.57. The summed E-state index contributed by atoms with van der Waals surface area (Å²) in [6.07, 6.45) is 5.70. The summed E-state index contributed by atoms with van der Waals surface area (Å²) in [5, 5.41) is 11.6. The van der Waals surface area contributed by atoms with Crippen molar-refractivity contribution in [3.8, 4) is 11.4 Å². The Balaban J connectivity index is 1.70. The predicted molar refractivity (Wildman–Crippen MR) is 98.4 cm³/mol. The van der Waals surface area contributed by atoms with E-state index in [0.717, 1.165) is 35.4 Å². The normalized spacial score (nSPS) is 27.2. The predicted octanol–water partition coefficient (Wildman–Crippen LogP) is 3.22. The van der Waals surface area contributed by atoms with Gasteiger partial charge in [0, 0.05) is 17.0 Å². The van der Waals surface area contributed by atoms with Crippen molar-refractivity contribution in [2.75, 3.05) is 6.54 Å². The SMILES string of the molecule is CC1(C)[C@H]2Cc3cc4nc(-c5ccnnc5)[nH]c4cc3[C@]1(C)CCN2. The lowest BCUT2D eigenvalue weighted by Crippen LogP contribution is -2.62. The number of fused-ring (bicyclic) bond motifs is 5. The van der Waals surface area contributed by atoms with Crippen molar-refractivity contribution in [2.45, 2.75) is 45.1 Å². The van der Waals surface area contributed by atoms with Crippen molar-refractivity contribution >= 4 is 11.0 Å². The molecule has 128 valence electrons. The maximum absolute atomic E-state index is 4.80. The van der Waals surface area contributed by atoms with Gasteiger partial charge in [-0.15, -0.1) is 0 Å². The number of H-pyrrole nitrogens is 1. The summed E-state index contributed by atoms with van der Waals surface area (Å²) in [6.45, 7) is 8.36. The lowest BCUT2D eigenvalue weighted by atomic mass is 9.51. The molecule has 2 aliphatic rings. The van der Waals surface area contributed by atoms with Gasteiger partial charge in [-0.3, -0.25) is 0 Å². The molecule has 3 aromatic rings. The number of aromatic amines is 1. The van der Waals surface area contributed by atoms with Crippen LogP contribution >= 0.6 is 0 Å². The molecule has 0 spiro atoms. The van der Waals surface area contributed by atoms with E-state index in [1.165, 1.54) is 17.5 Å². The van der Waals surface area contributed by atoms with E-state index in [1.807, 2.05) is 6.07 Å². The van der Waals surface area contributed by atoms with Crippen LogP contribution in [-0.2, 0) is 11.8 Å². The van der Waals surface area contributed by atoms with Crippen molar-refractivity contribution in [3.63, 3.8) is 0 Å². The number of imidazole rings is 1. The summed E-state index contributed by atoms with van der Waals surface area (Å²) < 4.78 is 0. The highest BCUT2D eigenvalue weighted by molar-refractivity contribution is 5.81. The van der Waals surface area contributed by atoms with Crippen LogP contribution in [0.4, 0.5) is 0 Å². The number of nitrogens with one attached hydrogen (secondary N) is 2. The Bertz CT molecular complexity index is 959. The zero-order valence-electron chi connectivity index (χ0n) is 14.9. The second kappa shape index (κ2) is 4.88. The Labute approximate surface area is 147 Å². The van der Waals surface area contributed by atoms with Gasteiger partial charge < -0.3 is 10.3 Å². The highest BCUT2D eigenvalue weighted by Gasteiger charge is 2.53. The standard InChI is InChI=1S/C20H23N5/c1-19(2)17-9-13-8-15-16(10-14(13)20(19,3)5-7-21-17)25-18(24-15)12-4-6-22-23-11-12/h4,6,8,10-11,17,21H,5,7,9H2,1-3H3,(H,24,25)/t17-,20+/m1/s1. The van der Waals surface area contributed by atoms with Gasteiger partial charge in [-0.25, -0.2) is 4.98 Å². The van der Waals surface area contributed by atoms with Gasteiger partial charge in [-0.1, -0.05) is 20.8 Å². The average Bonchev–Trinajstić information content (AvgIpc) is 3.01. The van der Waals surface area contributed by atoms with E-state index in [-0.39, 0.29) is 10.8 Å². The number of aromatic nitrogens is 4. The largest absolute Gasteiger partial charge is 0.338 e. The third kappa shape index (κ3) is 1.96. The first-order chi connectivity index (χ1) is 12.0. The van der Waals surface area contributed by atoms with Crippen LogP contribution in [0, 0.1) is 5.41 Å². The molecule has 25 heavy (non-hydrogen) atoms. The van der Waals surface area contributed by atoms with E-state index < -0.39 is 0 Å². The Morgan fingerprint density at radius 2 is 2.04 bits per heavy atom. The summed E-state index contributed by atoms with van der Waals surface area (Å²) in [7, 11) is 0. The van der Waals surface area contributed by atoms with Gasteiger partial charge in [0.2, 0.25) is 0 Å². The minimum absolute atomic E-state index is 0.189. The second-order valence-electron chi connectivity index (χ2n) is 8.26. The van der Waals surface area contributed by atoms with E-state index in [1.54, 1.807) is 12.4 Å². The summed E-state index contributed by atoms with van der Waals surface area (Å²) in [4.78, 5) is 8.29. The fourth-order valence-electron chi connectivity index (χ4n) is 4.84. The first-order valence-electron chi connectivity index (χ1n) is 9.03. The number of nitrogens with zero attached hydrogens (tertiary/aromatic N) is 3. The molecule has 2 N–H and O–H groups in total. The Kier molecular flexibility index (Phi) is 2.93. The van der Waals surface area contributed by atoms with Crippen LogP contribution in [0.3, 0.4) is 0 Å². The molecule has 0 radical (unpaired) electrons. The second-order valence-corrected chi connectivity index (χ2v) is 8.26. The van der Waals surface area contributed by atoms with Gasteiger partial charge in [0.1, 0.15) is 5.82 Å². The van der Waals surface area contributed by atoms with Crippen LogP contribution in [0.5, 0.6) is 0 Å². The molecule has 1 fully saturated rings. The molecule has 2 atom stereocenters. The van der Waals surface area contributed by atoms with E-state index in [4.69, 9.17) is 4.98 Å². The van der Waals surface area contributed by atoms with Gasteiger partial charge in [0.05, 0.1) is 23.4 Å². The molecule has 0 saturated carbocycles. The van der Waals surface area contributed by atoms with E-state index in [9.17, 15) is 0 Å². The van der Waals surface area contributed by atoms with Crippen molar-refractivity contribution in [3.05, 3.63) is 41.7 Å². The number of rotatable bonds is 1. The number of hydrogen-bond donors (Lipinski definition) is 2. The van der Waals surface area contributed by atoms with Crippen LogP contribution < -0.4 is 5.32 Å². The molecule has 5 rings (SSSR count). The monoisotopic (exact) mass is 333 g/mol. The first kappa shape index (κ1) is 15.0. The van der Waals surface area contributed by atoms with Crippen LogP contribution in [-0.4, -0.2) is 32.8 Å². The zero-order valence-corrected chi connectivity index (χ0v) is 14.9. The molecule has 1 saturated heterocycles. The van der Waals surface area contributed by atoms with Crippen LogP contribution in [0.25, 0.3) is 22.4 Å². The van der Waals surface area contributed by atoms with E-state index >= 15 is 0 Å². The molecule has 2 aromatic heterocycles. The molecular formula is C20H23N5. The van der Waals surface area contributed by atoms with Crippen LogP contribution in [0.2, 0.25) is 0 Å². The Morgan fingerprint density at radius 3 is 2.84 bits per heavy atom. The van der Waals surface area contributed by atoms with Gasteiger partial charge in [-0.2, -0.15) is 10.2 Å². The minimum atomic E-state index is 0.189. The average molecular weight is 333 g/mol. The molecule has 1 aliphatic heterocycles. The lowest BCUT2D eigenvalue weighted by molar-refractivity contribution is 0.0561. The third-order valence-corrected chi connectivity index (χ3v) is 6.89. The quantitative estimate of drug-likeness (QED) is 0.717. The zero-order chi connectivity index (χ0) is 17.2. The van der Waals surface area contributed by atoms with Gasteiger partial charge >= 0.3 is 0 Å². The fraction of sp³-hybridized carbons (Fsp3) is 0.450. The topological polar surface area (TPSA) is 66.5 Å². The Morgan fingerprint density at radius 1 is 1.16 bits per heavy atom. The summed E-state index contributed by atoms with van der Waals surface area (Å²) >= 11 is 0. The molecule has 5 heteroatoms. The molecule has 5 nitrogen and oxygen atoms in total. The highest BCUT2D eigenvalue weighted by Crippen LogP contribution is 2.54. The Hall–Kier alpha value is -2.27. The van der Waals surface area contributed by atoms with Crippen molar-refractivity contribution < 1.29 is 0 Å². The molecule has 2 bridgehead atoms. The molecule has 0 amide bonds. The van der Waals surface area contributed by atoms with Crippen LogP contribution in [0.15, 0.2) is 30.6 Å². The van der Waals surface area contributed by atoms with Crippen LogP contribution in [0.1, 0.15) is 38.3 Å². The summed E-state index contributed by atoms with van der Waals surface area (Å²) in [5.74, 6) is 0.859. The smallest absolute Gasteiger partial charge is 0.140 e. The van der Waals surface area contributed by atoms with Gasteiger partial charge in [-0.05, 0) is 54.1 Å². The maximum Gasteiger partial charge on any atom is 0.140 e. The molecule has 1 aromatic carbocycles. The summed E-state index contributed by atoms with van der Waals surface area (Å²) in [6, 6.07) is 7.09. The summed E-state index contributed by atoms with van der Waals surface area (Å²) in [5.41, 5.74) is 6.48. The molecular weight excluding hydrogens is 310 g/mol. The molecule has 0 unspecified atom stereocenters. The minimum Gasteiger partial charge on any atom is -0.338 e. The van der Waals surface area contributed by atoms with Crippen molar-refractivity contribution in [1.82, 2.24) is 25.5 Å². The van der Waals surface area contributed by atoms with E-state index in [0.29, 0.717) is 6.04 Å².